The fourth-order valence-electron chi connectivity index (χ4n) is 3.38. The normalized spacial score (nSPS) is 17.2. The molecule has 1 aliphatic heterocycles. The summed E-state index contributed by atoms with van der Waals surface area (Å²) in [7, 11) is 5.04. The van der Waals surface area contributed by atoms with Crippen molar-refractivity contribution < 1.29 is 14.3 Å². The third-order valence-corrected chi connectivity index (χ3v) is 4.45. The van der Waals surface area contributed by atoms with Gasteiger partial charge >= 0.3 is 0 Å². The Balaban J connectivity index is 1.91. The second kappa shape index (κ2) is 6.51. The molecule has 0 aliphatic carbocycles. The maximum absolute atomic E-state index is 12.9. The third-order valence-electron chi connectivity index (χ3n) is 4.45. The topological polar surface area (TPSA) is 69.5 Å². The Bertz CT molecular complexity index is 739. The van der Waals surface area contributed by atoms with E-state index in [4.69, 9.17) is 9.47 Å². The minimum absolute atomic E-state index is 0.0248. The number of aromatic nitrogens is 3. The van der Waals surface area contributed by atoms with Crippen LogP contribution in [0.15, 0.2) is 18.3 Å². The first kappa shape index (κ1) is 16.3. The van der Waals surface area contributed by atoms with E-state index in [9.17, 15) is 4.79 Å². The summed E-state index contributed by atoms with van der Waals surface area (Å²) >= 11 is 0. The molecular weight excluding hydrogens is 308 g/mol. The molecule has 3 heterocycles. The van der Waals surface area contributed by atoms with Gasteiger partial charge in [-0.15, -0.1) is 0 Å². The van der Waals surface area contributed by atoms with Crippen LogP contribution in [0.2, 0.25) is 0 Å². The monoisotopic (exact) mass is 330 g/mol. The molecule has 24 heavy (non-hydrogen) atoms. The molecule has 2 aromatic rings. The molecule has 2 aromatic heterocycles. The first-order chi connectivity index (χ1) is 11.6. The van der Waals surface area contributed by atoms with Crippen molar-refractivity contribution in [2.24, 2.45) is 7.05 Å². The van der Waals surface area contributed by atoms with Crippen LogP contribution in [0.4, 0.5) is 0 Å². The molecule has 0 saturated carbocycles. The molecule has 7 heteroatoms. The summed E-state index contributed by atoms with van der Waals surface area (Å²) in [6, 6.07) is 3.42. The number of hydrogen-bond acceptors (Lipinski definition) is 5. The van der Waals surface area contributed by atoms with Crippen LogP contribution in [-0.2, 0) is 7.05 Å². The van der Waals surface area contributed by atoms with E-state index in [2.05, 4.69) is 10.1 Å². The molecule has 1 atom stereocenters. The average molecular weight is 330 g/mol. The lowest BCUT2D eigenvalue weighted by Crippen LogP contribution is -2.31. The summed E-state index contributed by atoms with van der Waals surface area (Å²) in [5, 5.41) is 4.44. The van der Waals surface area contributed by atoms with E-state index in [1.165, 1.54) is 0 Å². The highest BCUT2D eigenvalue weighted by atomic mass is 16.5. The van der Waals surface area contributed by atoms with Gasteiger partial charge in [0.05, 0.1) is 37.1 Å². The highest BCUT2D eigenvalue weighted by Crippen LogP contribution is 2.39. The zero-order chi connectivity index (χ0) is 17.3. The molecule has 0 radical (unpaired) electrons. The molecule has 0 spiro atoms. The number of methoxy groups -OCH3 is 2. The van der Waals surface area contributed by atoms with Crippen LogP contribution in [0.25, 0.3) is 0 Å². The summed E-state index contributed by atoms with van der Waals surface area (Å²) in [6.07, 6.45) is 3.42. The smallest absolute Gasteiger partial charge is 0.255 e. The number of carbonyl (C=O) groups is 1. The Morgan fingerprint density at radius 1 is 1.29 bits per heavy atom. The molecule has 0 bridgehead atoms. The van der Waals surface area contributed by atoms with Crippen molar-refractivity contribution in [2.45, 2.75) is 25.8 Å². The predicted molar refractivity (Wildman–Crippen MR) is 88.3 cm³/mol. The predicted octanol–water partition coefficient (Wildman–Crippen LogP) is 2.12. The number of nitrogens with zero attached hydrogens (tertiary/aromatic N) is 4. The molecule has 128 valence electrons. The van der Waals surface area contributed by atoms with E-state index in [0.29, 0.717) is 23.9 Å². The summed E-state index contributed by atoms with van der Waals surface area (Å²) in [6.45, 7) is 2.67. The molecule has 1 saturated heterocycles. The van der Waals surface area contributed by atoms with Crippen molar-refractivity contribution in [3.8, 4) is 11.8 Å². The molecule has 0 aromatic carbocycles. The van der Waals surface area contributed by atoms with Crippen molar-refractivity contribution in [3.05, 3.63) is 35.2 Å². The van der Waals surface area contributed by atoms with Gasteiger partial charge in [0.15, 0.2) is 0 Å². The lowest BCUT2D eigenvalue weighted by molar-refractivity contribution is 0.0733. The number of hydrogen-bond donors (Lipinski definition) is 0. The van der Waals surface area contributed by atoms with Gasteiger partial charge in [0.2, 0.25) is 11.8 Å². The second-order valence-electron chi connectivity index (χ2n) is 5.88. The van der Waals surface area contributed by atoms with Crippen molar-refractivity contribution in [3.63, 3.8) is 0 Å². The number of carbonyl (C=O) groups excluding carboxylic acids is 1. The van der Waals surface area contributed by atoms with Crippen LogP contribution in [0, 0.1) is 6.92 Å². The quantitative estimate of drug-likeness (QED) is 0.859. The van der Waals surface area contributed by atoms with Gasteiger partial charge in [0, 0.05) is 25.9 Å². The zero-order valence-electron chi connectivity index (χ0n) is 14.4. The van der Waals surface area contributed by atoms with Crippen LogP contribution in [-0.4, -0.2) is 46.3 Å². The Kier molecular flexibility index (Phi) is 4.42. The number of aryl methyl sites for hydroxylation is 2. The number of pyridine rings is 1. The van der Waals surface area contributed by atoms with Crippen LogP contribution >= 0.6 is 0 Å². The first-order valence-corrected chi connectivity index (χ1v) is 7.95. The van der Waals surface area contributed by atoms with Crippen LogP contribution in [0.1, 0.15) is 40.5 Å². The lowest BCUT2D eigenvalue weighted by Gasteiger charge is -2.25. The van der Waals surface area contributed by atoms with E-state index in [1.807, 2.05) is 18.9 Å². The summed E-state index contributed by atoms with van der Waals surface area (Å²) < 4.78 is 12.3. The molecule has 1 aliphatic rings. The average Bonchev–Trinajstić information content (AvgIpc) is 3.17. The summed E-state index contributed by atoms with van der Waals surface area (Å²) in [5.74, 6) is 1.18. The zero-order valence-corrected chi connectivity index (χ0v) is 14.4. The van der Waals surface area contributed by atoms with Gasteiger partial charge in [-0.05, 0) is 25.8 Å². The van der Waals surface area contributed by atoms with E-state index in [1.54, 1.807) is 37.2 Å². The maximum atomic E-state index is 12.9. The molecule has 1 amide bonds. The minimum atomic E-state index is -0.0297. The van der Waals surface area contributed by atoms with Crippen molar-refractivity contribution in [2.75, 3.05) is 20.8 Å². The van der Waals surface area contributed by atoms with E-state index < -0.39 is 0 Å². The minimum Gasteiger partial charge on any atom is -0.481 e. The molecule has 1 fully saturated rings. The fraction of sp³-hybridized carbons (Fsp3) is 0.471. The van der Waals surface area contributed by atoms with Crippen molar-refractivity contribution >= 4 is 5.91 Å². The standard InChI is InChI=1S/C17H22N4O3/c1-11-15(17(24-4)20(2)19-11)13-6-5-9-21(13)16(22)12-7-8-14(23-3)18-10-12/h7-8,10,13H,5-6,9H2,1-4H3/t13-/m1/s1. The number of likely N-dealkylation sites (tertiary alicyclic amines) is 1. The fourth-order valence-corrected chi connectivity index (χ4v) is 3.38. The van der Waals surface area contributed by atoms with Gasteiger partial charge in [-0.2, -0.15) is 5.10 Å². The second-order valence-corrected chi connectivity index (χ2v) is 5.88. The number of rotatable bonds is 4. The number of ether oxygens (including phenoxy) is 2. The van der Waals surface area contributed by atoms with E-state index in [0.717, 1.165) is 24.1 Å². The Morgan fingerprint density at radius 3 is 2.71 bits per heavy atom. The van der Waals surface area contributed by atoms with Gasteiger partial charge in [0.25, 0.3) is 5.91 Å². The third kappa shape index (κ3) is 2.70. The van der Waals surface area contributed by atoms with Crippen molar-refractivity contribution in [1.29, 1.82) is 0 Å². The SMILES string of the molecule is COc1ccc(C(=O)N2CCC[C@@H]2c2c(C)nn(C)c2OC)cn1. The molecule has 3 rings (SSSR count). The molecule has 0 N–H and O–H groups in total. The van der Waals surface area contributed by atoms with Gasteiger partial charge in [0.1, 0.15) is 0 Å². The van der Waals surface area contributed by atoms with Crippen LogP contribution in [0.3, 0.4) is 0 Å². The summed E-state index contributed by atoms with van der Waals surface area (Å²) in [4.78, 5) is 18.9. The van der Waals surface area contributed by atoms with Gasteiger partial charge in [-0.3, -0.25) is 4.79 Å². The Hall–Kier alpha value is -2.57. The number of amides is 1. The maximum Gasteiger partial charge on any atom is 0.255 e. The highest BCUT2D eigenvalue weighted by molar-refractivity contribution is 5.94. The first-order valence-electron chi connectivity index (χ1n) is 7.95. The Labute approximate surface area is 141 Å². The van der Waals surface area contributed by atoms with Gasteiger partial charge in [-0.25, -0.2) is 9.67 Å². The van der Waals surface area contributed by atoms with E-state index in [-0.39, 0.29) is 11.9 Å². The van der Waals surface area contributed by atoms with Crippen LogP contribution < -0.4 is 9.47 Å². The van der Waals surface area contributed by atoms with Gasteiger partial charge in [-0.1, -0.05) is 0 Å². The molecule has 0 unspecified atom stereocenters. The van der Waals surface area contributed by atoms with E-state index >= 15 is 0 Å². The summed E-state index contributed by atoms with van der Waals surface area (Å²) in [5.41, 5.74) is 2.45. The molecule has 7 nitrogen and oxygen atoms in total. The van der Waals surface area contributed by atoms with Gasteiger partial charge < -0.3 is 14.4 Å². The molecular formula is C17H22N4O3. The lowest BCUT2D eigenvalue weighted by atomic mass is 10.0. The van der Waals surface area contributed by atoms with Crippen molar-refractivity contribution in [1.82, 2.24) is 19.7 Å². The largest absolute Gasteiger partial charge is 0.481 e. The highest BCUT2D eigenvalue weighted by Gasteiger charge is 2.35. The van der Waals surface area contributed by atoms with Crippen LogP contribution in [0.5, 0.6) is 11.8 Å². The Morgan fingerprint density at radius 2 is 2.08 bits per heavy atom.